The maximum atomic E-state index is 13.8. The zero-order valence-electron chi connectivity index (χ0n) is 20.5. The van der Waals surface area contributed by atoms with Gasteiger partial charge < -0.3 is 10.2 Å². The average molecular weight is 528 g/mol. The van der Waals surface area contributed by atoms with Gasteiger partial charge in [-0.25, -0.2) is 8.42 Å². The molecule has 0 spiro atoms. The van der Waals surface area contributed by atoms with Crippen molar-refractivity contribution in [3.8, 4) is 0 Å². The molecule has 0 aliphatic carbocycles. The molecule has 1 N–H and O–H groups in total. The predicted molar refractivity (Wildman–Crippen MR) is 142 cm³/mol. The number of nitrogens with one attached hydrogen (secondary N) is 1. The van der Waals surface area contributed by atoms with Crippen LogP contribution in [0.25, 0.3) is 0 Å². The molecule has 190 valence electrons. The number of carbonyl (C=O) groups excluding carboxylic acids is 2. The van der Waals surface area contributed by atoms with E-state index in [0.29, 0.717) is 17.1 Å². The molecule has 0 unspecified atom stereocenters. The Morgan fingerprint density at radius 1 is 0.944 bits per heavy atom. The fourth-order valence-electron chi connectivity index (χ4n) is 3.83. The number of halogens is 1. The minimum Gasteiger partial charge on any atom is -0.357 e. The molecule has 0 aromatic heterocycles. The van der Waals surface area contributed by atoms with Crippen LogP contribution in [-0.2, 0) is 26.2 Å². The Kier molecular flexibility index (Phi) is 9.12. The quantitative estimate of drug-likeness (QED) is 0.423. The number of amides is 2. The molecule has 0 aliphatic rings. The molecule has 0 radical (unpaired) electrons. The third-order valence-electron chi connectivity index (χ3n) is 5.83. The van der Waals surface area contributed by atoms with Crippen LogP contribution in [-0.4, -0.2) is 44.8 Å². The molecule has 2 amide bonds. The topological polar surface area (TPSA) is 86.8 Å². The van der Waals surface area contributed by atoms with Crippen LogP contribution in [0.4, 0.5) is 5.69 Å². The van der Waals surface area contributed by atoms with Gasteiger partial charge >= 0.3 is 0 Å². The summed E-state index contributed by atoms with van der Waals surface area (Å²) >= 11 is 6.01. The Balaban J connectivity index is 2.02. The van der Waals surface area contributed by atoms with Crippen LogP contribution < -0.4 is 9.62 Å². The van der Waals surface area contributed by atoms with Crippen LogP contribution >= 0.6 is 11.6 Å². The van der Waals surface area contributed by atoms with Crippen LogP contribution in [0.15, 0.2) is 83.8 Å². The number of carbonyl (C=O) groups is 2. The number of para-hydroxylation sites is 1. The van der Waals surface area contributed by atoms with E-state index in [1.807, 2.05) is 6.92 Å². The van der Waals surface area contributed by atoms with Crippen molar-refractivity contribution in [2.45, 2.75) is 37.8 Å². The van der Waals surface area contributed by atoms with E-state index in [0.717, 1.165) is 15.4 Å². The first-order valence-corrected chi connectivity index (χ1v) is 13.4. The molecule has 0 bridgehead atoms. The zero-order chi connectivity index (χ0) is 26.3. The Hall–Kier alpha value is -3.36. The SMILES string of the molecule is CC[C@@H](C(=O)NC)N(Cc1ccc(Cl)cc1)C(=O)CN(c1ccccc1)S(=O)(=O)c1ccc(C)cc1. The normalized spacial score (nSPS) is 12.0. The van der Waals surface area contributed by atoms with Gasteiger partial charge in [0.15, 0.2) is 0 Å². The second-order valence-corrected chi connectivity index (χ2v) is 10.6. The van der Waals surface area contributed by atoms with E-state index in [-0.39, 0.29) is 17.3 Å². The van der Waals surface area contributed by atoms with Crippen molar-refractivity contribution in [1.82, 2.24) is 10.2 Å². The number of sulfonamides is 1. The second-order valence-electron chi connectivity index (χ2n) is 8.35. The van der Waals surface area contributed by atoms with E-state index in [1.165, 1.54) is 24.1 Å². The Morgan fingerprint density at radius 2 is 1.56 bits per heavy atom. The van der Waals surface area contributed by atoms with Crippen molar-refractivity contribution in [3.05, 3.63) is 95.0 Å². The van der Waals surface area contributed by atoms with E-state index >= 15 is 0 Å². The summed E-state index contributed by atoms with van der Waals surface area (Å²) in [6, 6.07) is 21.1. The predicted octanol–water partition coefficient (Wildman–Crippen LogP) is 4.40. The standard InChI is InChI=1S/C27H30ClN3O4S/c1-4-25(27(33)29-3)30(18-21-12-14-22(28)15-13-21)26(32)19-31(23-8-6-5-7-9-23)36(34,35)24-16-10-20(2)11-17-24/h5-17,25H,4,18-19H2,1-3H3,(H,29,33)/t25-/m0/s1. The third kappa shape index (κ3) is 6.44. The Bertz CT molecular complexity index is 1280. The van der Waals surface area contributed by atoms with Gasteiger partial charge in [-0.05, 0) is 55.3 Å². The van der Waals surface area contributed by atoms with Gasteiger partial charge in [0.1, 0.15) is 12.6 Å². The molecule has 36 heavy (non-hydrogen) atoms. The smallest absolute Gasteiger partial charge is 0.264 e. The molecule has 0 saturated heterocycles. The zero-order valence-corrected chi connectivity index (χ0v) is 22.1. The van der Waals surface area contributed by atoms with Gasteiger partial charge in [0.05, 0.1) is 10.6 Å². The van der Waals surface area contributed by atoms with Gasteiger partial charge in [-0.3, -0.25) is 13.9 Å². The summed E-state index contributed by atoms with van der Waals surface area (Å²) < 4.78 is 28.5. The fourth-order valence-corrected chi connectivity index (χ4v) is 5.37. The molecule has 3 aromatic rings. The number of hydrogen-bond acceptors (Lipinski definition) is 4. The molecule has 0 fully saturated rings. The van der Waals surface area contributed by atoms with Gasteiger partial charge in [-0.2, -0.15) is 0 Å². The van der Waals surface area contributed by atoms with Crippen molar-refractivity contribution in [2.75, 3.05) is 17.9 Å². The number of hydrogen-bond donors (Lipinski definition) is 1. The highest BCUT2D eigenvalue weighted by Gasteiger charge is 2.33. The van der Waals surface area contributed by atoms with Crippen molar-refractivity contribution in [3.63, 3.8) is 0 Å². The fraction of sp³-hybridized carbons (Fsp3) is 0.259. The van der Waals surface area contributed by atoms with E-state index < -0.39 is 28.5 Å². The molecule has 3 rings (SSSR count). The summed E-state index contributed by atoms with van der Waals surface area (Å²) in [6.07, 6.45) is 0.356. The first-order chi connectivity index (χ1) is 17.2. The van der Waals surface area contributed by atoms with Gasteiger partial charge in [0.25, 0.3) is 10.0 Å². The van der Waals surface area contributed by atoms with Gasteiger partial charge in [0.2, 0.25) is 11.8 Å². The van der Waals surface area contributed by atoms with E-state index in [2.05, 4.69) is 5.32 Å². The maximum Gasteiger partial charge on any atom is 0.264 e. The molecule has 9 heteroatoms. The highest BCUT2D eigenvalue weighted by molar-refractivity contribution is 7.92. The van der Waals surface area contributed by atoms with Crippen LogP contribution in [0.3, 0.4) is 0 Å². The van der Waals surface area contributed by atoms with Crippen molar-refractivity contribution in [1.29, 1.82) is 0 Å². The lowest BCUT2D eigenvalue weighted by molar-refractivity contribution is -0.140. The van der Waals surface area contributed by atoms with Gasteiger partial charge in [0, 0.05) is 18.6 Å². The summed E-state index contributed by atoms with van der Waals surface area (Å²) in [5.74, 6) is -0.826. The lowest BCUT2D eigenvalue weighted by Crippen LogP contribution is -2.51. The lowest BCUT2D eigenvalue weighted by Gasteiger charge is -2.33. The summed E-state index contributed by atoms with van der Waals surface area (Å²) in [5, 5.41) is 3.16. The average Bonchev–Trinajstić information content (AvgIpc) is 2.88. The minimum atomic E-state index is -4.07. The first-order valence-electron chi connectivity index (χ1n) is 11.6. The second kappa shape index (κ2) is 12.1. The molecule has 0 heterocycles. The Labute approximate surface area is 217 Å². The molecule has 1 atom stereocenters. The molecular formula is C27H30ClN3O4S. The van der Waals surface area contributed by atoms with Crippen molar-refractivity contribution < 1.29 is 18.0 Å². The third-order valence-corrected chi connectivity index (χ3v) is 7.87. The van der Waals surface area contributed by atoms with E-state index in [4.69, 9.17) is 11.6 Å². The number of rotatable bonds is 10. The summed E-state index contributed by atoms with van der Waals surface area (Å²) in [5.41, 5.74) is 2.04. The molecule has 0 saturated carbocycles. The first kappa shape index (κ1) is 27.2. The highest BCUT2D eigenvalue weighted by Crippen LogP contribution is 2.25. The lowest BCUT2D eigenvalue weighted by atomic mass is 10.1. The largest absolute Gasteiger partial charge is 0.357 e. The molecular weight excluding hydrogens is 498 g/mol. The summed E-state index contributed by atoms with van der Waals surface area (Å²) in [4.78, 5) is 27.9. The number of likely N-dealkylation sites (N-methyl/N-ethyl adjacent to an activating group) is 1. The van der Waals surface area contributed by atoms with Gasteiger partial charge in [-0.1, -0.05) is 66.6 Å². The van der Waals surface area contributed by atoms with E-state index in [1.54, 1.807) is 73.7 Å². The summed E-state index contributed by atoms with van der Waals surface area (Å²) in [6.45, 7) is 3.32. The number of nitrogens with zero attached hydrogens (tertiary/aromatic N) is 2. The minimum absolute atomic E-state index is 0.0762. The van der Waals surface area contributed by atoms with Crippen molar-refractivity contribution >= 4 is 39.1 Å². The number of aryl methyl sites for hydroxylation is 1. The Morgan fingerprint density at radius 3 is 2.11 bits per heavy atom. The summed E-state index contributed by atoms with van der Waals surface area (Å²) in [7, 11) is -2.56. The molecule has 3 aromatic carbocycles. The number of benzene rings is 3. The van der Waals surface area contributed by atoms with Crippen LogP contribution in [0, 0.1) is 6.92 Å². The number of anilines is 1. The van der Waals surface area contributed by atoms with Crippen LogP contribution in [0.5, 0.6) is 0 Å². The van der Waals surface area contributed by atoms with Crippen molar-refractivity contribution in [2.24, 2.45) is 0 Å². The van der Waals surface area contributed by atoms with Crippen LogP contribution in [0.2, 0.25) is 5.02 Å². The van der Waals surface area contributed by atoms with Gasteiger partial charge in [-0.15, -0.1) is 0 Å². The monoisotopic (exact) mass is 527 g/mol. The maximum absolute atomic E-state index is 13.8. The molecule has 0 aliphatic heterocycles. The van der Waals surface area contributed by atoms with Crippen LogP contribution in [0.1, 0.15) is 24.5 Å². The molecule has 7 nitrogen and oxygen atoms in total. The highest BCUT2D eigenvalue weighted by atomic mass is 35.5. The van der Waals surface area contributed by atoms with E-state index in [9.17, 15) is 18.0 Å².